The van der Waals surface area contributed by atoms with Crippen LogP contribution in [0.4, 0.5) is 0 Å². The predicted molar refractivity (Wildman–Crippen MR) is 62.6 cm³/mol. The molecule has 1 N–H and O–H groups in total. The van der Waals surface area contributed by atoms with Crippen molar-refractivity contribution in [2.75, 3.05) is 26.7 Å². The van der Waals surface area contributed by atoms with E-state index in [1.807, 2.05) is 0 Å². The van der Waals surface area contributed by atoms with Gasteiger partial charge in [0.15, 0.2) is 0 Å². The Kier molecular flexibility index (Phi) is 4.39. The predicted octanol–water partition coefficient (Wildman–Crippen LogP) is 2.11. The van der Waals surface area contributed by atoms with Crippen molar-refractivity contribution in [3.05, 3.63) is 0 Å². The summed E-state index contributed by atoms with van der Waals surface area (Å²) < 4.78 is 0. The van der Waals surface area contributed by atoms with E-state index in [0.29, 0.717) is 11.5 Å². The molecule has 1 heterocycles. The van der Waals surface area contributed by atoms with Gasteiger partial charge in [0, 0.05) is 6.04 Å². The molecule has 0 bridgehead atoms. The Morgan fingerprint density at radius 2 is 1.79 bits per heavy atom. The van der Waals surface area contributed by atoms with Gasteiger partial charge in [0.2, 0.25) is 0 Å². The standard InChI is InChI=1S/C12H26N2/c1-12(2,3)11(13-4)7-10-14-8-5-6-9-14/h11,13H,5-10H2,1-4H3. The Morgan fingerprint density at radius 3 is 2.21 bits per heavy atom. The van der Waals surface area contributed by atoms with E-state index < -0.39 is 0 Å². The fourth-order valence-corrected chi connectivity index (χ4v) is 2.33. The van der Waals surface area contributed by atoms with Gasteiger partial charge in [-0.15, -0.1) is 0 Å². The Hall–Kier alpha value is -0.0800. The fraction of sp³-hybridized carbons (Fsp3) is 1.00. The number of nitrogens with one attached hydrogen (secondary N) is 1. The highest BCUT2D eigenvalue weighted by Gasteiger charge is 2.23. The highest BCUT2D eigenvalue weighted by molar-refractivity contribution is 4.80. The monoisotopic (exact) mass is 198 g/mol. The van der Waals surface area contributed by atoms with Crippen LogP contribution in [0.15, 0.2) is 0 Å². The average Bonchev–Trinajstić information content (AvgIpc) is 2.55. The van der Waals surface area contributed by atoms with Gasteiger partial charge in [-0.05, 0) is 51.4 Å². The topological polar surface area (TPSA) is 15.3 Å². The maximum absolute atomic E-state index is 3.44. The van der Waals surface area contributed by atoms with E-state index in [2.05, 4.69) is 38.0 Å². The van der Waals surface area contributed by atoms with Crippen molar-refractivity contribution >= 4 is 0 Å². The molecular formula is C12H26N2. The third kappa shape index (κ3) is 3.58. The molecule has 1 atom stereocenters. The first-order valence-corrected chi connectivity index (χ1v) is 5.93. The maximum Gasteiger partial charge on any atom is 0.0125 e. The molecule has 1 unspecified atom stereocenters. The molecule has 0 aromatic rings. The van der Waals surface area contributed by atoms with Gasteiger partial charge in [-0.25, -0.2) is 0 Å². The number of rotatable bonds is 4. The number of nitrogens with zero attached hydrogens (tertiary/aromatic N) is 1. The summed E-state index contributed by atoms with van der Waals surface area (Å²) in [6.45, 7) is 10.9. The molecule has 2 heteroatoms. The summed E-state index contributed by atoms with van der Waals surface area (Å²) in [6.07, 6.45) is 4.08. The summed E-state index contributed by atoms with van der Waals surface area (Å²) in [4.78, 5) is 2.59. The molecule has 1 saturated heterocycles. The summed E-state index contributed by atoms with van der Waals surface area (Å²) in [6, 6.07) is 0.642. The third-order valence-electron chi connectivity index (χ3n) is 3.33. The summed E-state index contributed by atoms with van der Waals surface area (Å²) in [5.74, 6) is 0. The normalized spacial score (nSPS) is 21.4. The molecule has 1 fully saturated rings. The molecule has 1 aliphatic heterocycles. The van der Waals surface area contributed by atoms with Crippen LogP contribution in [-0.2, 0) is 0 Å². The number of hydrogen-bond donors (Lipinski definition) is 1. The lowest BCUT2D eigenvalue weighted by Crippen LogP contribution is -2.40. The van der Waals surface area contributed by atoms with Gasteiger partial charge >= 0.3 is 0 Å². The zero-order valence-corrected chi connectivity index (χ0v) is 10.3. The Balaban J connectivity index is 2.26. The summed E-state index contributed by atoms with van der Waals surface area (Å²) >= 11 is 0. The third-order valence-corrected chi connectivity index (χ3v) is 3.33. The lowest BCUT2D eigenvalue weighted by Gasteiger charge is -2.31. The molecule has 0 spiro atoms. The molecule has 0 aromatic carbocycles. The van der Waals surface area contributed by atoms with E-state index in [-0.39, 0.29) is 0 Å². The number of likely N-dealkylation sites (tertiary alicyclic amines) is 1. The maximum atomic E-state index is 3.44. The molecule has 1 rings (SSSR count). The molecule has 0 aliphatic carbocycles. The number of hydrogen-bond acceptors (Lipinski definition) is 2. The van der Waals surface area contributed by atoms with Crippen LogP contribution in [0.5, 0.6) is 0 Å². The molecule has 0 amide bonds. The van der Waals surface area contributed by atoms with Crippen LogP contribution in [-0.4, -0.2) is 37.6 Å². The van der Waals surface area contributed by atoms with Crippen molar-refractivity contribution in [2.24, 2.45) is 5.41 Å². The van der Waals surface area contributed by atoms with Crippen LogP contribution in [0.2, 0.25) is 0 Å². The minimum atomic E-state index is 0.383. The summed E-state index contributed by atoms with van der Waals surface area (Å²) in [5.41, 5.74) is 0.383. The first-order chi connectivity index (χ1) is 6.54. The van der Waals surface area contributed by atoms with E-state index >= 15 is 0 Å². The van der Waals surface area contributed by atoms with Crippen LogP contribution < -0.4 is 5.32 Å². The zero-order chi connectivity index (χ0) is 10.6. The molecule has 14 heavy (non-hydrogen) atoms. The van der Waals surface area contributed by atoms with Gasteiger partial charge in [0.1, 0.15) is 0 Å². The van der Waals surface area contributed by atoms with Crippen LogP contribution in [0.25, 0.3) is 0 Å². The van der Waals surface area contributed by atoms with Crippen molar-refractivity contribution in [3.63, 3.8) is 0 Å². The van der Waals surface area contributed by atoms with Crippen LogP contribution in [0, 0.1) is 5.41 Å². The molecular weight excluding hydrogens is 172 g/mol. The first kappa shape index (κ1) is 12.0. The van der Waals surface area contributed by atoms with Crippen molar-refractivity contribution < 1.29 is 0 Å². The van der Waals surface area contributed by atoms with E-state index in [1.54, 1.807) is 0 Å². The van der Waals surface area contributed by atoms with Gasteiger partial charge in [-0.3, -0.25) is 0 Å². The largest absolute Gasteiger partial charge is 0.316 e. The zero-order valence-electron chi connectivity index (χ0n) is 10.3. The van der Waals surface area contributed by atoms with Crippen molar-refractivity contribution in [1.29, 1.82) is 0 Å². The second-order valence-corrected chi connectivity index (χ2v) is 5.54. The first-order valence-electron chi connectivity index (χ1n) is 5.93. The highest BCUT2D eigenvalue weighted by atomic mass is 15.1. The minimum absolute atomic E-state index is 0.383. The van der Waals surface area contributed by atoms with E-state index in [1.165, 1.54) is 38.9 Å². The summed E-state index contributed by atoms with van der Waals surface area (Å²) in [7, 11) is 2.08. The Bertz CT molecular complexity index is 154. The van der Waals surface area contributed by atoms with E-state index in [9.17, 15) is 0 Å². The molecule has 2 nitrogen and oxygen atoms in total. The molecule has 0 radical (unpaired) electrons. The molecule has 84 valence electrons. The highest BCUT2D eigenvalue weighted by Crippen LogP contribution is 2.22. The van der Waals surface area contributed by atoms with Gasteiger partial charge in [0.25, 0.3) is 0 Å². The lowest BCUT2D eigenvalue weighted by molar-refractivity contribution is 0.230. The second-order valence-electron chi connectivity index (χ2n) is 5.54. The van der Waals surface area contributed by atoms with Crippen LogP contribution in [0.3, 0.4) is 0 Å². The smallest absolute Gasteiger partial charge is 0.0125 e. The van der Waals surface area contributed by atoms with Gasteiger partial charge in [-0.2, -0.15) is 0 Å². The Labute approximate surface area is 89.1 Å². The van der Waals surface area contributed by atoms with Crippen LogP contribution in [0.1, 0.15) is 40.0 Å². The van der Waals surface area contributed by atoms with Gasteiger partial charge < -0.3 is 10.2 Å². The van der Waals surface area contributed by atoms with Gasteiger partial charge in [-0.1, -0.05) is 20.8 Å². The SMILES string of the molecule is CNC(CCN1CCCC1)C(C)(C)C. The molecule has 1 aliphatic rings. The van der Waals surface area contributed by atoms with Crippen molar-refractivity contribution in [1.82, 2.24) is 10.2 Å². The van der Waals surface area contributed by atoms with E-state index in [4.69, 9.17) is 0 Å². The van der Waals surface area contributed by atoms with Crippen LogP contribution >= 0.6 is 0 Å². The fourth-order valence-electron chi connectivity index (χ4n) is 2.33. The van der Waals surface area contributed by atoms with Crippen molar-refractivity contribution in [3.8, 4) is 0 Å². The minimum Gasteiger partial charge on any atom is -0.316 e. The summed E-state index contributed by atoms with van der Waals surface area (Å²) in [5, 5.41) is 3.44. The average molecular weight is 198 g/mol. The van der Waals surface area contributed by atoms with E-state index in [0.717, 1.165) is 0 Å². The Morgan fingerprint density at radius 1 is 1.21 bits per heavy atom. The second kappa shape index (κ2) is 5.13. The molecule has 0 saturated carbocycles. The lowest BCUT2D eigenvalue weighted by atomic mass is 9.85. The van der Waals surface area contributed by atoms with Gasteiger partial charge in [0.05, 0.1) is 0 Å². The quantitative estimate of drug-likeness (QED) is 0.744. The molecule has 0 aromatic heterocycles. The van der Waals surface area contributed by atoms with Crippen molar-refractivity contribution in [2.45, 2.75) is 46.1 Å².